The van der Waals surface area contributed by atoms with Crippen molar-refractivity contribution in [3.05, 3.63) is 40.9 Å². The Morgan fingerprint density at radius 3 is 2.80 bits per heavy atom. The van der Waals surface area contributed by atoms with Crippen LogP contribution in [0.15, 0.2) is 39.7 Å². The molecule has 1 amide bonds. The van der Waals surface area contributed by atoms with E-state index in [2.05, 4.69) is 15.3 Å². The van der Waals surface area contributed by atoms with Crippen molar-refractivity contribution in [3.63, 3.8) is 0 Å². The minimum atomic E-state index is -0.304. The third-order valence-electron chi connectivity index (χ3n) is 3.30. The first-order chi connectivity index (χ1) is 12.1. The molecule has 1 aromatic carbocycles. The van der Waals surface area contributed by atoms with Gasteiger partial charge in [0.15, 0.2) is 9.99 Å². The minimum Gasteiger partial charge on any atom is -0.494 e. The molecule has 25 heavy (non-hydrogen) atoms. The van der Waals surface area contributed by atoms with Gasteiger partial charge in [-0.3, -0.25) is 14.2 Å². The number of carbonyl (C=O) groups is 1. The van der Waals surface area contributed by atoms with Crippen molar-refractivity contribution >= 4 is 45.0 Å². The molecule has 9 heteroatoms. The number of anilines is 1. The molecule has 0 saturated carbocycles. The summed E-state index contributed by atoms with van der Waals surface area (Å²) in [5.74, 6) is 0.433. The Balaban J connectivity index is 1.73. The number of hydrogen-bond acceptors (Lipinski definition) is 7. The average molecular weight is 376 g/mol. The van der Waals surface area contributed by atoms with E-state index in [-0.39, 0.29) is 18.0 Å². The molecule has 0 fully saturated rings. The van der Waals surface area contributed by atoms with E-state index in [0.717, 1.165) is 10.1 Å². The Hall–Kier alpha value is -2.39. The molecule has 0 saturated heterocycles. The van der Waals surface area contributed by atoms with E-state index >= 15 is 0 Å². The maximum atomic E-state index is 12.4. The van der Waals surface area contributed by atoms with Crippen LogP contribution in [0.5, 0.6) is 5.75 Å². The average Bonchev–Trinajstić information content (AvgIpc) is 3.04. The Labute approximate surface area is 152 Å². The van der Waals surface area contributed by atoms with Gasteiger partial charge in [-0.1, -0.05) is 11.8 Å². The van der Waals surface area contributed by atoms with Crippen LogP contribution in [0.4, 0.5) is 5.69 Å². The number of carbonyl (C=O) groups excluding carboxylic acids is 1. The molecule has 0 aliphatic rings. The van der Waals surface area contributed by atoms with E-state index in [1.165, 1.54) is 34.0 Å². The lowest BCUT2D eigenvalue weighted by Crippen LogP contribution is -2.27. The number of thioether (sulfide) groups is 1. The fourth-order valence-electron chi connectivity index (χ4n) is 2.18. The van der Waals surface area contributed by atoms with Gasteiger partial charge in [0.25, 0.3) is 5.56 Å². The molecule has 3 aromatic rings. The second kappa shape index (κ2) is 7.66. The SMILES string of the molecule is CCOc1ccc(NC(=O)Cn2cnc3nc(SC)sc3c2=O)cc1. The van der Waals surface area contributed by atoms with Gasteiger partial charge < -0.3 is 10.1 Å². The number of benzene rings is 1. The maximum Gasteiger partial charge on any atom is 0.273 e. The molecule has 130 valence electrons. The van der Waals surface area contributed by atoms with Gasteiger partial charge in [-0.15, -0.1) is 11.3 Å². The van der Waals surface area contributed by atoms with Crippen molar-refractivity contribution < 1.29 is 9.53 Å². The minimum absolute atomic E-state index is 0.110. The van der Waals surface area contributed by atoms with Gasteiger partial charge in [0.2, 0.25) is 5.91 Å². The molecular formula is C16H16N4O3S2. The van der Waals surface area contributed by atoms with E-state index in [0.29, 0.717) is 22.6 Å². The lowest BCUT2D eigenvalue weighted by molar-refractivity contribution is -0.116. The summed E-state index contributed by atoms with van der Waals surface area (Å²) in [6.45, 7) is 2.38. The Kier molecular flexibility index (Phi) is 5.34. The van der Waals surface area contributed by atoms with Crippen molar-refractivity contribution in [2.45, 2.75) is 17.8 Å². The summed E-state index contributed by atoms with van der Waals surface area (Å²) < 4.78 is 7.88. The molecule has 2 aromatic heterocycles. The summed E-state index contributed by atoms with van der Waals surface area (Å²) >= 11 is 2.74. The highest BCUT2D eigenvalue weighted by atomic mass is 32.2. The van der Waals surface area contributed by atoms with E-state index < -0.39 is 0 Å². The van der Waals surface area contributed by atoms with Gasteiger partial charge in [0, 0.05) is 5.69 Å². The first-order valence-electron chi connectivity index (χ1n) is 7.53. The topological polar surface area (TPSA) is 86.1 Å². The number of rotatable bonds is 6. The van der Waals surface area contributed by atoms with E-state index in [1.54, 1.807) is 24.3 Å². The van der Waals surface area contributed by atoms with Crippen LogP contribution in [0, 0.1) is 0 Å². The highest BCUT2D eigenvalue weighted by Gasteiger charge is 2.12. The van der Waals surface area contributed by atoms with Crippen LogP contribution >= 0.6 is 23.1 Å². The van der Waals surface area contributed by atoms with Crippen molar-refractivity contribution in [1.29, 1.82) is 0 Å². The molecule has 0 aliphatic heterocycles. The molecule has 0 atom stereocenters. The molecular weight excluding hydrogens is 360 g/mol. The third-order valence-corrected chi connectivity index (χ3v) is 5.32. The monoisotopic (exact) mass is 376 g/mol. The predicted molar refractivity (Wildman–Crippen MR) is 99.7 cm³/mol. The van der Waals surface area contributed by atoms with Crippen LogP contribution in [0.2, 0.25) is 0 Å². The number of hydrogen-bond donors (Lipinski definition) is 1. The normalized spacial score (nSPS) is 10.8. The first-order valence-corrected chi connectivity index (χ1v) is 9.57. The van der Waals surface area contributed by atoms with Crippen molar-refractivity contribution in [2.75, 3.05) is 18.2 Å². The van der Waals surface area contributed by atoms with Gasteiger partial charge >= 0.3 is 0 Å². The van der Waals surface area contributed by atoms with Crippen molar-refractivity contribution in [2.24, 2.45) is 0 Å². The summed E-state index contributed by atoms with van der Waals surface area (Å²) in [6.07, 6.45) is 3.24. The first kappa shape index (κ1) is 17.4. The largest absolute Gasteiger partial charge is 0.494 e. The van der Waals surface area contributed by atoms with Crippen LogP contribution < -0.4 is 15.6 Å². The van der Waals surface area contributed by atoms with Crippen LogP contribution in [-0.4, -0.2) is 33.3 Å². The molecule has 0 spiro atoms. The molecule has 1 N–H and O–H groups in total. The zero-order valence-electron chi connectivity index (χ0n) is 13.7. The number of fused-ring (bicyclic) bond motifs is 1. The van der Waals surface area contributed by atoms with E-state index in [9.17, 15) is 9.59 Å². The van der Waals surface area contributed by atoms with Gasteiger partial charge in [-0.05, 0) is 37.4 Å². The van der Waals surface area contributed by atoms with Crippen LogP contribution in [-0.2, 0) is 11.3 Å². The van der Waals surface area contributed by atoms with Gasteiger partial charge in [-0.2, -0.15) is 0 Å². The lowest BCUT2D eigenvalue weighted by atomic mass is 10.3. The summed E-state index contributed by atoms with van der Waals surface area (Å²) in [6, 6.07) is 7.06. The molecule has 2 heterocycles. The van der Waals surface area contributed by atoms with Gasteiger partial charge in [0.05, 0.1) is 6.61 Å². The molecule has 0 radical (unpaired) electrons. The highest BCUT2D eigenvalue weighted by molar-refractivity contribution is 8.00. The van der Waals surface area contributed by atoms with Gasteiger partial charge in [-0.25, -0.2) is 9.97 Å². The lowest BCUT2D eigenvalue weighted by Gasteiger charge is -2.08. The Morgan fingerprint density at radius 1 is 1.36 bits per heavy atom. The fourth-order valence-corrected chi connectivity index (χ4v) is 3.65. The Bertz CT molecular complexity index is 950. The smallest absolute Gasteiger partial charge is 0.273 e. The van der Waals surface area contributed by atoms with Gasteiger partial charge in [0.1, 0.15) is 23.3 Å². The molecule has 0 bridgehead atoms. The molecule has 7 nitrogen and oxygen atoms in total. The van der Waals surface area contributed by atoms with Crippen molar-refractivity contribution in [3.8, 4) is 5.75 Å². The Morgan fingerprint density at radius 2 is 2.12 bits per heavy atom. The summed E-state index contributed by atoms with van der Waals surface area (Å²) in [7, 11) is 0. The van der Waals surface area contributed by atoms with Crippen LogP contribution in [0.25, 0.3) is 10.3 Å². The second-order valence-corrected chi connectivity index (χ2v) is 7.07. The van der Waals surface area contributed by atoms with Crippen LogP contribution in [0.3, 0.4) is 0 Å². The standard InChI is InChI=1S/C16H16N4O3S2/c1-3-23-11-6-4-10(5-7-11)18-12(21)8-20-9-17-14-13(15(20)22)25-16(19-14)24-2/h4-7,9H,3,8H2,1-2H3,(H,18,21). The summed E-state index contributed by atoms with van der Waals surface area (Å²) in [5, 5.41) is 2.75. The number of nitrogens with zero attached hydrogens (tertiary/aromatic N) is 3. The van der Waals surface area contributed by atoms with E-state index in [4.69, 9.17) is 4.74 Å². The molecule has 3 rings (SSSR count). The number of ether oxygens (including phenoxy) is 1. The van der Waals surface area contributed by atoms with Crippen LogP contribution in [0.1, 0.15) is 6.92 Å². The molecule has 0 unspecified atom stereocenters. The maximum absolute atomic E-state index is 12.4. The highest BCUT2D eigenvalue weighted by Crippen LogP contribution is 2.24. The summed E-state index contributed by atoms with van der Waals surface area (Å²) in [4.78, 5) is 33.0. The zero-order valence-corrected chi connectivity index (χ0v) is 15.3. The van der Waals surface area contributed by atoms with E-state index in [1.807, 2.05) is 13.2 Å². The quantitative estimate of drug-likeness (QED) is 0.666. The summed E-state index contributed by atoms with van der Waals surface area (Å²) in [5.41, 5.74) is 0.796. The third kappa shape index (κ3) is 3.99. The number of nitrogens with one attached hydrogen (secondary N) is 1. The fraction of sp³-hybridized carbons (Fsp3) is 0.250. The second-order valence-electron chi connectivity index (χ2n) is 5.02. The zero-order chi connectivity index (χ0) is 17.8. The number of amides is 1. The van der Waals surface area contributed by atoms with Crippen molar-refractivity contribution in [1.82, 2.24) is 14.5 Å². The predicted octanol–water partition coefficient (Wildman–Crippen LogP) is 2.61. The number of aromatic nitrogens is 3. The molecule has 0 aliphatic carbocycles. The number of thiazole rings is 1.